The lowest BCUT2D eigenvalue weighted by molar-refractivity contribution is -0.384. The molecule has 1 saturated heterocycles. The molecule has 0 spiro atoms. The van der Waals surface area contributed by atoms with Gasteiger partial charge >= 0.3 is 6.09 Å². The first-order valence-electron chi connectivity index (χ1n) is 9.49. The van der Waals surface area contributed by atoms with Gasteiger partial charge in [0, 0.05) is 44.9 Å². The van der Waals surface area contributed by atoms with E-state index in [-0.39, 0.29) is 24.1 Å². The molecular weight excluding hydrogens is 364 g/mol. The monoisotopic (exact) mass is 392 g/mol. The Labute approximate surface area is 164 Å². The highest BCUT2D eigenvalue weighted by atomic mass is 16.6. The van der Waals surface area contributed by atoms with Gasteiger partial charge in [0.15, 0.2) is 0 Å². The highest BCUT2D eigenvalue weighted by Crippen LogP contribution is 2.16. The average Bonchev–Trinajstić information content (AvgIpc) is 2.66. The fourth-order valence-electron chi connectivity index (χ4n) is 3.16. The maximum absolute atomic E-state index is 12.8. The molecular formula is C19H28N4O5. The maximum Gasteiger partial charge on any atom is 0.407 e. The van der Waals surface area contributed by atoms with Crippen LogP contribution in [-0.2, 0) is 16.1 Å². The molecule has 1 aliphatic rings. The Kier molecular flexibility index (Phi) is 7.74. The van der Waals surface area contributed by atoms with Crippen molar-refractivity contribution < 1.29 is 19.2 Å². The maximum atomic E-state index is 12.8. The molecule has 2 rings (SSSR count). The van der Waals surface area contributed by atoms with Gasteiger partial charge in [-0.25, -0.2) is 4.79 Å². The van der Waals surface area contributed by atoms with E-state index in [0.717, 1.165) is 5.56 Å². The first-order valence-corrected chi connectivity index (χ1v) is 9.49. The van der Waals surface area contributed by atoms with Crippen molar-refractivity contribution in [2.45, 2.75) is 33.4 Å². The van der Waals surface area contributed by atoms with Crippen molar-refractivity contribution in [3.05, 3.63) is 39.9 Å². The molecule has 154 valence electrons. The number of piperazine rings is 1. The van der Waals surface area contributed by atoms with Crippen molar-refractivity contribution in [1.29, 1.82) is 0 Å². The lowest BCUT2D eigenvalue weighted by Gasteiger charge is -2.37. The number of carbonyl (C=O) groups is 2. The summed E-state index contributed by atoms with van der Waals surface area (Å²) < 4.78 is 4.89. The molecule has 0 aromatic heterocycles. The molecule has 1 N–H and O–H groups in total. The van der Waals surface area contributed by atoms with Crippen molar-refractivity contribution >= 4 is 17.7 Å². The van der Waals surface area contributed by atoms with Crippen LogP contribution in [0.2, 0.25) is 0 Å². The van der Waals surface area contributed by atoms with Gasteiger partial charge in [-0.05, 0) is 18.4 Å². The number of rotatable bonds is 7. The first kappa shape index (κ1) is 21.6. The summed E-state index contributed by atoms with van der Waals surface area (Å²) in [5, 5.41) is 13.6. The minimum Gasteiger partial charge on any atom is -0.450 e. The van der Waals surface area contributed by atoms with Crippen molar-refractivity contribution in [2.24, 2.45) is 5.92 Å². The Morgan fingerprint density at radius 2 is 1.93 bits per heavy atom. The lowest BCUT2D eigenvalue weighted by Crippen LogP contribution is -2.56. The van der Waals surface area contributed by atoms with Crippen molar-refractivity contribution in [2.75, 3.05) is 32.8 Å². The second kappa shape index (κ2) is 10.0. The molecule has 1 fully saturated rings. The molecule has 9 heteroatoms. The van der Waals surface area contributed by atoms with Gasteiger partial charge in [0.05, 0.1) is 11.5 Å². The van der Waals surface area contributed by atoms with Gasteiger partial charge in [-0.2, -0.15) is 0 Å². The third-order valence-electron chi connectivity index (χ3n) is 4.69. The minimum absolute atomic E-state index is 0.0557. The number of benzene rings is 1. The minimum atomic E-state index is -0.623. The lowest BCUT2D eigenvalue weighted by atomic mass is 10.0. The van der Waals surface area contributed by atoms with Gasteiger partial charge in [-0.3, -0.25) is 19.8 Å². The van der Waals surface area contributed by atoms with Crippen molar-refractivity contribution in [3.8, 4) is 0 Å². The molecule has 28 heavy (non-hydrogen) atoms. The van der Waals surface area contributed by atoms with Crippen LogP contribution in [0.15, 0.2) is 24.3 Å². The number of non-ortho nitro benzene ring substituents is 1. The van der Waals surface area contributed by atoms with Crippen LogP contribution in [0.5, 0.6) is 0 Å². The molecule has 1 aliphatic heterocycles. The van der Waals surface area contributed by atoms with Gasteiger partial charge in [0.2, 0.25) is 5.91 Å². The van der Waals surface area contributed by atoms with E-state index in [2.05, 4.69) is 10.2 Å². The fraction of sp³-hybridized carbons (Fsp3) is 0.579. The first-order chi connectivity index (χ1) is 13.3. The summed E-state index contributed by atoms with van der Waals surface area (Å²) in [6.07, 6.45) is -0.584. The van der Waals surface area contributed by atoms with E-state index in [1.165, 1.54) is 6.07 Å². The number of nitrogens with one attached hydrogen (secondary N) is 1. The van der Waals surface area contributed by atoms with Crippen LogP contribution in [0.4, 0.5) is 10.5 Å². The van der Waals surface area contributed by atoms with Crippen molar-refractivity contribution in [1.82, 2.24) is 15.1 Å². The molecule has 9 nitrogen and oxygen atoms in total. The predicted molar refractivity (Wildman–Crippen MR) is 104 cm³/mol. The highest BCUT2D eigenvalue weighted by molar-refractivity contribution is 5.86. The number of nitrogens with zero attached hydrogens (tertiary/aromatic N) is 3. The Bertz CT molecular complexity index is 701. The molecule has 0 radical (unpaired) electrons. The molecule has 1 atom stereocenters. The second-order valence-corrected chi connectivity index (χ2v) is 7.11. The van der Waals surface area contributed by atoms with E-state index >= 15 is 0 Å². The van der Waals surface area contributed by atoms with Crippen LogP contribution >= 0.6 is 0 Å². The summed E-state index contributed by atoms with van der Waals surface area (Å²) in [5.41, 5.74) is 0.953. The summed E-state index contributed by atoms with van der Waals surface area (Å²) in [6, 6.07) is 5.98. The predicted octanol–water partition coefficient (Wildman–Crippen LogP) is 2.01. The molecule has 1 unspecified atom stereocenters. The summed E-state index contributed by atoms with van der Waals surface area (Å²) >= 11 is 0. The van der Waals surface area contributed by atoms with Crippen molar-refractivity contribution in [3.63, 3.8) is 0 Å². The zero-order valence-electron chi connectivity index (χ0n) is 16.6. The molecule has 0 aliphatic carbocycles. The average molecular weight is 392 g/mol. The number of alkyl carbamates (subject to hydrolysis) is 1. The molecule has 1 heterocycles. The van der Waals surface area contributed by atoms with Gasteiger partial charge in [0.25, 0.3) is 5.69 Å². The number of hydrogen-bond donors (Lipinski definition) is 1. The smallest absolute Gasteiger partial charge is 0.407 e. The number of hydrogen-bond acceptors (Lipinski definition) is 6. The quantitative estimate of drug-likeness (QED) is 0.562. The Hall–Kier alpha value is -2.68. The molecule has 2 amide bonds. The van der Waals surface area contributed by atoms with Crippen LogP contribution in [0.3, 0.4) is 0 Å². The molecule has 0 saturated carbocycles. The number of nitro groups is 1. The standard InChI is InChI=1S/C19H28N4O5/c1-4-28-19(25)20-17(14(2)3)18(24)22-10-8-21(9-11-22)13-15-6-5-7-16(12-15)23(26)27/h5-7,12,14,17H,4,8-11,13H2,1-3H3,(H,20,25). The van der Waals surface area contributed by atoms with Crippen LogP contribution in [0.1, 0.15) is 26.3 Å². The van der Waals surface area contributed by atoms with Gasteiger partial charge in [-0.1, -0.05) is 26.0 Å². The molecule has 1 aromatic carbocycles. The molecule has 0 bridgehead atoms. The van der Waals surface area contributed by atoms with Crippen LogP contribution in [-0.4, -0.2) is 65.6 Å². The normalized spacial score (nSPS) is 15.9. The fourth-order valence-corrected chi connectivity index (χ4v) is 3.16. The Morgan fingerprint density at radius 1 is 1.25 bits per heavy atom. The summed E-state index contributed by atoms with van der Waals surface area (Å²) in [7, 11) is 0. The SMILES string of the molecule is CCOC(=O)NC(C(=O)N1CCN(Cc2cccc([N+](=O)[O-])c2)CC1)C(C)C. The topological polar surface area (TPSA) is 105 Å². The number of amides is 2. The Balaban J connectivity index is 1.91. The Morgan fingerprint density at radius 3 is 2.50 bits per heavy atom. The third-order valence-corrected chi connectivity index (χ3v) is 4.69. The van der Waals surface area contributed by atoms with E-state index < -0.39 is 17.1 Å². The van der Waals surface area contributed by atoms with Gasteiger partial charge in [0.1, 0.15) is 6.04 Å². The van der Waals surface area contributed by atoms with E-state index in [1.807, 2.05) is 19.9 Å². The number of nitro benzene ring substituents is 1. The van der Waals surface area contributed by atoms with Crippen LogP contribution in [0.25, 0.3) is 0 Å². The second-order valence-electron chi connectivity index (χ2n) is 7.11. The van der Waals surface area contributed by atoms with Crippen LogP contribution < -0.4 is 5.32 Å². The summed E-state index contributed by atoms with van der Waals surface area (Å²) in [6.45, 7) is 8.74. The van der Waals surface area contributed by atoms with Gasteiger partial charge < -0.3 is 15.0 Å². The highest BCUT2D eigenvalue weighted by Gasteiger charge is 2.31. The summed E-state index contributed by atoms with van der Waals surface area (Å²) in [5.74, 6) is -0.169. The van der Waals surface area contributed by atoms with Crippen LogP contribution in [0, 0.1) is 16.0 Å². The zero-order valence-corrected chi connectivity index (χ0v) is 16.6. The van der Waals surface area contributed by atoms with E-state index in [0.29, 0.717) is 32.7 Å². The summed E-state index contributed by atoms with van der Waals surface area (Å²) in [4.78, 5) is 39.0. The number of carbonyl (C=O) groups excluding carboxylic acids is 2. The van der Waals surface area contributed by atoms with E-state index in [9.17, 15) is 19.7 Å². The largest absolute Gasteiger partial charge is 0.450 e. The zero-order chi connectivity index (χ0) is 20.7. The number of ether oxygens (including phenoxy) is 1. The van der Waals surface area contributed by atoms with Gasteiger partial charge in [-0.15, -0.1) is 0 Å². The third kappa shape index (κ3) is 5.91. The van der Waals surface area contributed by atoms with E-state index in [1.54, 1.807) is 24.0 Å². The molecule has 1 aromatic rings. The van der Waals surface area contributed by atoms with E-state index in [4.69, 9.17) is 4.74 Å².